The summed E-state index contributed by atoms with van der Waals surface area (Å²) in [6.07, 6.45) is 3.62. The Hall–Kier alpha value is -0.650. The molecular formula is C14H25N3OS. The molecule has 108 valence electrons. The van der Waals surface area contributed by atoms with E-state index in [1.807, 2.05) is 0 Å². The first-order chi connectivity index (χ1) is 9.15. The summed E-state index contributed by atoms with van der Waals surface area (Å²) in [5, 5.41) is 10.5. The van der Waals surface area contributed by atoms with E-state index in [9.17, 15) is 5.11 Å². The number of hydrogen-bond donors (Lipinski definition) is 1. The molecule has 1 fully saturated rings. The van der Waals surface area contributed by atoms with E-state index < -0.39 is 0 Å². The maximum absolute atomic E-state index is 9.46. The highest BCUT2D eigenvalue weighted by molar-refractivity contribution is 7.15. The lowest BCUT2D eigenvalue weighted by Crippen LogP contribution is -2.26. The number of anilines is 1. The van der Waals surface area contributed by atoms with Gasteiger partial charge in [-0.05, 0) is 46.8 Å². The van der Waals surface area contributed by atoms with Gasteiger partial charge in [-0.25, -0.2) is 4.98 Å². The number of aliphatic hydroxyl groups excluding tert-OH is 1. The molecule has 0 bridgehead atoms. The highest BCUT2D eigenvalue weighted by atomic mass is 32.1. The average molecular weight is 283 g/mol. The van der Waals surface area contributed by atoms with Gasteiger partial charge < -0.3 is 14.9 Å². The van der Waals surface area contributed by atoms with Crippen LogP contribution in [0, 0.1) is 0 Å². The fourth-order valence-electron chi connectivity index (χ4n) is 2.24. The zero-order valence-electron chi connectivity index (χ0n) is 12.2. The van der Waals surface area contributed by atoms with Gasteiger partial charge in [-0.2, -0.15) is 0 Å². The van der Waals surface area contributed by atoms with Crippen molar-refractivity contribution in [1.82, 2.24) is 9.88 Å². The summed E-state index contributed by atoms with van der Waals surface area (Å²) in [5.74, 6) is 0.618. The Labute approximate surface area is 120 Å². The highest BCUT2D eigenvalue weighted by Crippen LogP contribution is 2.44. The van der Waals surface area contributed by atoms with E-state index in [-0.39, 0.29) is 6.61 Å². The first kappa shape index (κ1) is 14.8. The molecule has 1 N–H and O–H groups in total. The van der Waals surface area contributed by atoms with Crippen LogP contribution in [0.1, 0.15) is 42.7 Å². The van der Waals surface area contributed by atoms with Crippen molar-refractivity contribution < 1.29 is 5.11 Å². The molecule has 1 heterocycles. The third-order valence-electron chi connectivity index (χ3n) is 3.51. The van der Waals surface area contributed by atoms with E-state index >= 15 is 0 Å². The van der Waals surface area contributed by atoms with Crippen LogP contribution in [0.5, 0.6) is 0 Å². The number of hydrogen-bond acceptors (Lipinski definition) is 5. The van der Waals surface area contributed by atoms with Crippen LogP contribution in [0.4, 0.5) is 5.13 Å². The second kappa shape index (κ2) is 6.68. The standard InChI is InChI=1S/C14H25N3OS/c1-4-17(9-5-8-16(2)3)14-15-13(11-6-7-11)12(10-18)19-14/h11,18H,4-10H2,1-3H3. The minimum absolute atomic E-state index is 0.138. The van der Waals surface area contributed by atoms with Gasteiger partial charge in [0, 0.05) is 19.0 Å². The Morgan fingerprint density at radius 1 is 1.32 bits per heavy atom. The van der Waals surface area contributed by atoms with E-state index in [4.69, 9.17) is 4.98 Å². The zero-order valence-corrected chi connectivity index (χ0v) is 13.0. The summed E-state index contributed by atoms with van der Waals surface area (Å²) in [7, 11) is 4.21. The van der Waals surface area contributed by atoms with Crippen LogP contribution in [0.3, 0.4) is 0 Å². The molecule has 0 aromatic carbocycles. The third kappa shape index (κ3) is 3.91. The topological polar surface area (TPSA) is 39.6 Å². The molecule has 0 radical (unpaired) electrons. The van der Waals surface area contributed by atoms with Crippen molar-refractivity contribution in [2.75, 3.05) is 38.6 Å². The Morgan fingerprint density at radius 2 is 2.05 bits per heavy atom. The van der Waals surface area contributed by atoms with Gasteiger partial charge in [0.1, 0.15) is 0 Å². The summed E-state index contributed by atoms with van der Waals surface area (Å²) in [4.78, 5) is 10.4. The van der Waals surface area contributed by atoms with E-state index in [0.29, 0.717) is 5.92 Å². The lowest BCUT2D eigenvalue weighted by atomic mass is 10.2. The number of nitrogens with zero attached hydrogens (tertiary/aromatic N) is 3. The van der Waals surface area contributed by atoms with Gasteiger partial charge in [-0.15, -0.1) is 0 Å². The molecular weight excluding hydrogens is 258 g/mol. The number of aromatic nitrogens is 1. The van der Waals surface area contributed by atoms with Crippen molar-refractivity contribution in [2.45, 2.75) is 38.7 Å². The van der Waals surface area contributed by atoms with Crippen molar-refractivity contribution >= 4 is 16.5 Å². The van der Waals surface area contributed by atoms with Crippen LogP contribution in [-0.2, 0) is 6.61 Å². The minimum Gasteiger partial charge on any atom is -0.391 e. The molecule has 1 saturated carbocycles. The summed E-state index contributed by atoms with van der Waals surface area (Å²) in [6, 6.07) is 0. The predicted octanol–water partition coefficient (Wildman–Crippen LogP) is 2.29. The molecule has 0 atom stereocenters. The van der Waals surface area contributed by atoms with Crippen molar-refractivity contribution in [2.24, 2.45) is 0 Å². The van der Waals surface area contributed by atoms with Crippen molar-refractivity contribution in [3.8, 4) is 0 Å². The second-order valence-electron chi connectivity index (χ2n) is 5.47. The predicted molar refractivity (Wildman–Crippen MR) is 81.1 cm³/mol. The first-order valence-electron chi connectivity index (χ1n) is 7.15. The molecule has 0 unspecified atom stereocenters. The van der Waals surface area contributed by atoms with Crippen LogP contribution in [0.25, 0.3) is 0 Å². The minimum atomic E-state index is 0.138. The van der Waals surface area contributed by atoms with Crippen molar-refractivity contribution in [3.05, 3.63) is 10.6 Å². The lowest BCUT2D eigenvalue weighted by molar-refractivity contribution is 0.284. The molecule has 2 rings (SSSR count). The second-order valence-corrected chi connectivity index (χ2v) is 6.54. The zero-order chi connectivity index (χ0) is 13.8. The van der Waals surface area contributed by atoms with Gasteiger partial charge in [0.05, 0.1) is 17.2 Å². The Morgan fingerprint density at radius 3 is 2.58 bits per heavy atom. The van der Waals surface area contributed by atoms with Crippen LogP contribution in [-0.4, -0.2) is 48.7 Å². The van der Waals surface area contributed by atoms with E-state index in [1.165, 1.54) is 12.8 Å². The summed E-state index contributed by atoms with van der Waals surface area (Å²) in [5.41, 5.74) is 1.16. The molecule has 0 spiro atoms. The van der Waals surface area contributed by atoms with Gasteiger partial charge in [-0.3, -0.25) is 0 Å². The molecule has 1 aromatic rings. The van der Waals surface area contributed by atoms with Gasteiger partial charge >= 0.3 is 0 Å². The Bertz CT molecular complexity index is 401. The normalized spacial score (nSPS) is 15.2. The maximum atomic E-state index is 9.46. The van der Waals surface area contributed by atoms with Crippen molar-refractivity contribution in [3.63, 3.8) is 0 Å². The smallest absolute Gasteiger partial charge is 0.185 e. The fraction of sp³-hybridized carbons (Fsp3) is 0.786. The van der Waals surface area contributed by atoms with Crippen molar-refractivity contribution in [1.29, 1.82) is 0 Å². The Balaban J connectivity index is 2.01. The molecule has 1 aromatic heterocycles. The largest absolute Gasteiger partial charge is 0.391 e. The number of rotatable bonds is 8. The third-order valence-corrected chi connectivity index (χ3v) is 4.63. The summed E-state index contributed by atoms with van der Waals surface area (Å²) >= 11 is 1.67. The fourth-order valence-corrected chi connectivity index (χ4v) is 3.34. The summed E-state index contributed by atoms with van der Waals surface area (Å²) in [6.45, 7) is 5.43. The molecule has 0 aliphatic heterocycles. The van der Waals surface area contributed by atoms with Crippen LogP contribution in [0.15, 0.2) is 0 Å². The van der Waals surface area contributed by atoms with Crippen LogP contribution >= 0.6 is 11.3 Å². The monoisotopic (exact) mass is 283 g/mol. The Kier molecular flexibility index (Phi) is 5.19. The lowest BCUT2D eigenvalue weighted by Gasteiger charge is -2.20. The highest BCUT2D eigenvalue weighted by Gasteiger charge is 2.30. The molecule has 19 heavy (non-hydrogen) atoms. The van der Waals surface area contributed by atoms with E-state index in [2.05, 4.69) is 30.8 Å². The maximum Gasteiger partial charge on any atom is 0.185 e. The summed E-state index contributed by atoms with van der Waals surface area (Å²) < 4.78 is 0. The SMILES string of the molecule is CCN(CCCN(C)C)c1nc(C2CC2)c(CO)s1. The molecule has 1 aliphatic carbocycles. The van der Waals surface area contributed by atoms with E-state index in [1.54, 1.807) is 11.3 Å². The molecule has 5 heteroatoms. The number of aliphatic hydroxyl groups is 1. The number of thiazole rings is 1. The molecule has 4 nitrogen and oxygen atoms in total. The molecule has 1 aliphatic rings. The first-order valence-corrected chi connectivity index (χ1v) is 7.97. The quantitative estimate of drug-likeness (QED) is 0.794. The van der Waals surface area contributed by atoms with E-state index in [0.717, 1.165) is 41.8 Å². The van der Waals surface area contributed by atoms with Gasteiger partial charge in [0.2, 0.25) is 0 Å². The van der Waals surface area contributed by atoms with Gasteiger partial charge in [0.15, 0.2) is 5.13 Å². The van der Waals surface area contributed by atoms with Gasteiger partial charge in [-0.1, -0.05) is 11.3 Å². The van der Waals surface area contributed by atoms with Crippen LogP contribution < -0.4 is 4.90 Å². The van der Waals surface area contributed by atoms with Crippen LogP contribution in [0.2, 0.25) is 0 Å². The average Bonchev–Trinajstić information content (AvgIpc) is 3.14. The molecule has 0 amide bonds. The van der Waals surface area contributed by atoms with Gasteiger partial charge in [0.25, 0.3) is 0 Å². The molecule has 0 saturated heterocycles.